The van der Waals surface area contributed by atoms with Crippen molar-refractivity contribution in [3.63, 3.8) is 0 Å². The largest absolute Gasteiger partial charge is 0.480 e. The zero-order valence-corrected chi connectivity index (χ0v) is 11.1. The number of carboxylic acids is 1. The van der Waals surface area contributed by atoms with Crippen LogP contribution in [0.25, 0.3) is 0 Å². The van der Waals surface area contributed by atoms with Crippen molar-refractivity contribution >= 4 is 12.1 Å². The van der Waals surface area contributed by atoms with Crippen LogP contribution < -0.4 is 5.32 Å². The molecule has 0 spiro atoms. The third-order valence-corrected chi connectivity index (χ3v) is 2.36. The van der Waals surface area contributed by atoms with Crippen molar-refractivity contribution in [1.29, 1.82) is 0 Å². The predicted molar refractivity (Wildman–Crippen MR) is 64.9 cm³/mol. The highest BCUT2D eigenvalue weighted by Crippen LogP contribution is 2.19. The Morgan fingerprint density at radius 3 is 2.29 bits per heavy atom. The van der Waals surface area contributed by atoms with Crippen molar-refractivity contribution in [3.05, 3.63) is 0 Å². The molecule has 0 aromatic rings. The van der Waals surface area contributed by atoms with Gasteiger partial charge in [-0.15, -0.1) is 0 Å². The van der Waals surface area contributed by atoms with Gasteiger partial charge in [0, 0.05) is 0 Å². The number of unbranched alkanes of at least 4 members (excludes halogenated alkanes) is 2. The SMILES string of the molecule is CCCCCOC(=O)NC(C(=O)O)C(C)(C)C. The van der Waals surface area contributed by atoms with E-state index in [1.54, 1.807) is 20.8 Å². The Morgan fingerprint density at radius 2 is 1.88 bits per heavy atom. The van der Waals surface area contributed by atoms with Crippen LogP contribution in [0, 0.1) is 5.41 Å². The highest BCUT2D eigenvalue weighted by atomic mass is 16.5. The van der Waals surface area contributed by atoms with Crippen LogP contribution >= 0.6 is 0 Å². The maximum absolute atomic E-state index is 11.4. The van der Waals surface area contributed by atoms with Crippen molar-refractivity contribution in [2.24, 2.45) is 5.41 Å². The number of hydrogen-bond acceptors (Lipinski definition) is 3. The number of aliphatic carboxylic acids is 1. The number of nitrogens with one attached hydrogen (secondary N) is 1. The van der Waals surface area contributed by atoms with E-state index in [2.05, 4.69) is 12.2 Å². The average molecular weight is 245 g/mol. The van der Waals surface area contributed by atoms with Gasteiger partial charge < -0.3 is 15.2 Å². The molecule has 0 aromatic heterocycles. The van der Waals surface area contributed by atoms with Crippen LogP contribution in [0.3, 0.4) is 0 Å². The minimum atomic E-state index is -1.05. The van der Waals surface area contributed by atoms with Crippen molar-refractivity contribution in [2.45, 2.75) is 53.0 Å². The monoisotopic (exact) mass is 245 g/mol. The van der Waals surface area contributed by atoms with Crippen LogP contribution in [0.2, 0.25) is 0 Å². The molecule has 1 unspecified atom stereocenters. The second-order valence-electron chi connectivity index (χ2n) is 5.12. The molecular formula is C12H23NO4. The highest BCUT2D eigenvalue weighted by Gasteiger charge is 2.32. The van der Waals surface area contributed by atoms with Crippen molar-refractivity contribution in [1.82, 2.24) is 5.32 Å². The fourth-order valence-corrected chi connectivity index (χ4v) is 1.33. The Kier molecular flexibility index (Phi) is 6.61. The molecular weight excluding hydrogens is 222 g/mol. The van der Waals surface area contributed by atoms with E-state index in [-0.39, 0.29) is 0 Å². The van der Waals surface area contributed by atoms with Gasteiger partial charge in [-0.3, -0.25) is 0 Å². The third-order valence-electron chi connectivity index (χ3n) is 2.36. The lowest BCUT2D eigenvalue weighted by atomic mass is 9.87. The van der Waals surface area contributed by atoms with Gasteiger partial charge in [-0.2, -0.15) is 0 Å². The maximum atomic E-state index is 11.4. The molecule has 1 atom stereocenters. The molecule has 17 heavy (non-hydrogen) atoms. The summed E-state index contributed by atoms with van der Waals surface area (Å²) in [5.74, 6) is -1.05. The van der Waals surface area contributed by atoms with Crippen LogP contribution in [-0.4, -0.2) is 29.8 Å². The van der Waals surface area contributed by atoms with E-state index in [1.807, 2.05) is 0 Å². The topological polar surface area (TPSA) is 75.6 Å². The minimum Gasteiger partial charge on any atom is -0.480 e. The van der Waals surface area contributed by atoms with E-state index >= 15 is 0 Å². The Hall–Kier alpha value is -1.26. The lowest BCUT2D eigenvalue weighted by molar-refractivity contribution is -0.142. The summed E-state index contributed by atoms with van der Waals surface area (Å²) in [6.45, 7) is 7.64. The summed E-state index contributed by atoms with van der Waals surface area (Å²) in [6, 6.07) is -0.943. The quantitative estimate of drug-likeness (QED) is 0.704. The number of amides is 1. The van der Waals surface area contributed by atoms with Gasteiger partial charge in [0.1, 0.15) is 6.04 Å². The maximum Gasteiger partial charge on any atom is 0.407 e. The second-order valence-corrected chi connectivity index (χ2v) is 5.12. The smallest absolute Gasteiger partial charge is 0.407 e. The number of hydrogen-bond donors (Lipinski definition) is 2. The first-order chi connectivity index (χ1) is 7.79. The second kappa shape index (κ2) is 7.14. The first kappa shape index (κ1) is 15.7. The molecule has 0 fully saturated rings. The molecule has 100 valence electrons. The molecule has 0 aliphatic heterocycles. The molecule has 5 heteroatoms. The van der Waals surface area contributed by atoms with Gasteiger partial charge in [-0.05, 0) is 11.8 Å². The summed E-state index contributed by atoms with van der Waals surface area (Å²) < 4.78 is 4.91. The molecule has 0 rings (SSSR count). The Labute approximate surface area is 103 Å². The summed E-state index contributed by atoms with van der Waals surface area (Å²) in [5.41, 5.74) is -0.547. The van der Waals surface area contributed by atoms with Gasteiger partial charge in [0.2, 0.25) is 0 Å². The molecule has 0 bridgehead atoms. The number of carbonyl (C=O) groups is 2. The molecule has 0 aromatic carbocycles. The van der Waals surface area contributed by atoms with Gasteiger partial charge in [-0.25, -0.2) is 9.59 Å². The van der Waals surface area contributed by atoms with E-state index in [0.29, 0.717) is 6.61 Å². The van der Waals surface area contributed by atoms with Crippen LogP contribution in [0.15, 0.2) is 0 Å². The number of carboxylic acid groups (broad SMARTS) is 1. The van der Waals surface area contributed by atoms with Gasteiger partial charge in [0.05, 0.1) is 6.61 Å². The van der Waals surface area contributed by atoms with E-state index in [9.17, 15) is 9.59 Å². The molecule has 2 N–H and O–H groups in total. The molecule has 0 saturated carbocycles. The lowest BCUT2D eigenvalue weighted by Gasteiger charge is -2.27. The normalized spacial score (nSPS) is 12.9. The van der Waals surface area contributed by atoms with E-state index in [1.165, 1.54) is 0 Å². The Bertz CT molecular complexity index is 258. The molecule has 0 radical (unpaired) electrons. The van der Waals surface area contributed by atoms with Gasteiger partial charge in [-0.1, -0.05) is 40.5 Å². The van der Waals surface area contributed by atoms with Crippen LogP contribution in [-0.2, 0) is 9.53 Å². The standard InChI is InChI=1S/C12H23NO4/c1-5-6-7-8-17-11(16)13-9(10(14)15)12(2,3)4/h9H,5-8H2,1-4H3,(H,13,16)(H,14,15). The summed E-state index contributed by atoms with van der Waals surface area (Å²) >= 11 is 0. The van der Waals surface area contributed by atoms with Gasteiger partial charge in [0.25, 0.3) is 0 Å². The fourth-order valence-electron chi connectivity index (χ4n) is 1.33. The summed E-state index contributed by atoms with van der Waals surface area (Å²) in [5, 5.41) is 11.4. The lowest BCUT2D eigenvalue weighted by Crippen LogP contribution is -2.49. The van der Waals surface area contributed by atoms with Crippen molar-refractivity contribution in [3.8, 4) is 0 Å². The van der Waals surface area contributed by atoms with Crippen molar-refractivity contribution in [2.75, 3.05) is 6.61 Å². The average Bonchev–Trinajstić information content (AvgIpc) is 2.19. The number of rotatable bonds is 6. The van der Waals surface area contributed by atoms with Crippen LogP contribution in [0.4, 0.5) is 4.79 Å². The van der Waals surface area contributed by atoms with Crippen LogP contribution in [0.5, 0.6) is 0 Å². The van der Waals surface area contributed by atoms with Crippen LogP contribution in [0.1, 0.15) is 47.0 Å². The molecule has 1 amide bonds. The number of ether oxygens (including phenoxy) is 1. The van der Waals surface area contributed by atoms with E-state index in [4.69, 9.17) is 9.84 Å². The Balaban J connectivity index is 4.11. The van der Waals surface area contributed by atoms with E-state index in [0.717, 1.165) is 19.3 Å². The number of carbonyl (C=O) groups excluding carboxylic acids is 1. The zero-order valence-electron chi connectivity index (χ0n) is 11.1. The predicted octanol–water partition coefficient (Wildman–Crippen LogP) is 2.40. The van der Waals surface area contributed by atoms with Gasteiger partial charge in [0.15, 0.2) is 0 Å². The first-order valence-electron chi connectivity index (χ1n) is 5.95. The minimum absolute atomic E-state index is 0.330. The van der Waals surface area contributed by atoms with Gasteiger partial charge >= 0.3 is 12.1 Å². The molecule has 0 aliphatic carbocycles. The Morgan fingerprint density at radius 1 is 1.29 bits per heavy atom. The fraction of sp³-hybridized carbons (Fsp3) is 0.833. The first-order valence-corrected chi connectivity index (χ1v) is 5.95. The van der Waals surface area contributed by atoms with Crippen molar-refractivity contribution < 1.29 is 19.4 Å². The third kappa shape index (κ3) is 6.81. The molecule has 0 aliphatic rings. The van der Waals surface area contributed by atoms with E-state index < -0.39 is 23.5 Å². The number of alkyl carbamates (subject to hydrolysis) is 1. The summed E-state index contributed by atoms with van der Waals surface area (Å²) in [7, 11) is 0. The highest BCUT2D eigenvalue weighted by molar-refractivity contribution is 5.80. The molecule has 0 saturated heterocycles. The molecule has 5 nitrogen and oxygen atoms in total. The summed E-state index contributed by atoms with van der Waals surface area (Å²) in [6.07, 6.45) is 2.18. The summed E-state index contributed by atoms with van der Waals surface area (Å²) in [4.78, 5) is 22.4. The zero-order chi connectivity index (χ0) is 13.5. The molecule has 0 heterocycles.